The molecule has 16 heavy (non-hydrogen) atoms. The van der Waals surface area contributed by atoms with Crippen molar-refractivity contribution in [1.29, 1.82) is 0 Å². The van der Waals surface area contributed by atoms with Crippen LogP contribution < -0.4 is 0 Å². The van der Waals surface area contributed by atoms with E-state index < -0.39 is 0 Å². The third-order valence-corrected chi connectivity index (χ3v) is 4.49. The lowest BCUT2D eigenvalue weighted by Crippen LogP contribution is -2.09. The Kier molecular flexibility index (Phi) is 2.45. The molecule has 0 fully saturated rings. The number of imidazole rings is 1. The van der Waals surface area contributed by atoms with E-state index in [0.29, 0.717) is 5.25 Å². The zero-order chi connectivity index (χ0) is 11.1. The molecule has 3 rings (SSSR count). The quantitative estimate of drug-likeness (QED) is 0.759. The number of nitrogens with zero attached hydrogens (tertiary/aromatic N) is 2. The Morgan fingerprint density at radius 1 is 1.50 bits per heavy atom. The maximum atomic E-state index is 6.03. The first-order valence-electron chi connectivity index (χ1n) is 5.28. The molecule has 82 valence electrons. The SMILES string of the molecule is CCC1Sc2cc(Cl)ccc2-n2cncc21. The fourth-order valence-electron chi connectivity index (χ4n) is 2.03. The van der Waals surface area contributed by atoms with Gasteiger partial charge < -0.3 is 4.57 Å². The number of hydrogen-bond acceptors (Lipinski definition) is 2. The molecule has 1 aromatic heterocycles. The highest BCUT2D eigenvalue weighted by Crippen LogP contribution is 2.45. The van der Waals surface area contributed by atoms with Crippen molar-refractivity contribution in [2.24, 2.45) is 0 Å². The number of rotatable bonds is 1. The maximum absolute atomic E-state index is 6.03. The minimum Gasteiger partial charge on any atom is -0.301 e. The van der Waals surface area contributed by atoms with E-state index in [2.05, 4.69) is 22.5 Å². The standard InChI is InChI=1S/C12H11ClN2S/c1-2-11-10-6-14-7-15(10)9-4-3-8(13)5-12(9)16-11/h3-7,11H,2H2,1H3. The van der Waals surface area contributed by atoms with E-state index in [9.17, 15) is 0 Å². The summed E-state index contributed by atoms with van der Waals surface area (Å²) < 4.78 is 2.16. The van der Waals surface area contributed by atoms with Crippen LogP contribution in [0.5, 0.6) is 0 Å². The molecule has 1 aromatic carbocycles. The van der Waals surface area contributed by atoms with Gasteiger partial charge in [0, 0.05) is 16.1 Å². The van der Waals surface area contributed by atoms with Crippen LogP contribution in [0.25, 0.3) is 5.69 Å². The summed E-state index contributed by atoms with van der Waals surface area (Å²) in [5.41, 5.74) is 2.47. The maximum Gasteiger partial charge on any atom is 0.0994 e. The van der Waals surface area contributed by atoms with E-state index in [1.807, 2.05) is 36.4 Å². The molecular formula is C12H11ClN2S. The van der Waals surface area contributed by atoms with Crippen molar-refractivity contribution in [3.8, 4) is 5.69 Å². The third-order valence-electron chi connectivity index (χ3n) is 2.82. The predicted molar refractivity (Wildman–Crippen MR) is 67.5 cm³/mol. The second-order valence-electron chi connectivity index (χ2n) is 3.82. The smallest absolute Gasteiger partial charge is 0.0994 e. The molecule has 0 saturated heterocycles. The normalized spacial score (nSPS) is 18.0. The summed E-state index contributed by atoms with van der Waals surface area (Å²) in [7, 11) is 0. The molecule has 0 bridgehead atoms. The largest absolute Gasteiger partial charge is 0.301 e. The number of benzene rings is 1. The van der Waals surface area contributed by atoms with Crippen LogP contribution in [0.15, 0.2) is 35.6 Å². The molecule has 2 aromatic rings. The van der Waals surface area contributed by atoms with Gasteiger partial charge in [0.1, 0.15) is 0 Å². The number of thioether (sulfide) groups is 1. The van der Waals surface area contributed by atoms with Gasteiger partial charge >= 0.3 is 0 Å². The number of fused-ring (bicyclic) bond motifs is 3. The van der Waals surface area contributed by atoms with Crippen LogP contribution in [0.4, 0.5) is 0 Å². The zero-order valence-corrected chi connectivity index (χ0v) is 10.4. The Hall–Kier alpha value is -0.930. The van der Waals surface area contributed by atoms with Crippen LogP contribution in [-0.4, -0.2) is 9.55 Å². The highest BCUT2D eigenvalue weighted by molar-refractivity contribution is 7.99. The van der Waals surface area contributed by atoms with Gasteiger partial charge in [-0.2, -0.15) is 0 Å². The van der Waals surface area contributed by atoms with E-state index in [0.717, 1.165) is 11.4 Å². The van der Waals surface area contributed by atoms with Gasteiger partial charge in [0.25, 0.3) is 0 Å². The van der Waals surface area contributed by atoms with Crippen molar-refractivity contribution in [2.45, 2.75) is 23.5 Å². The van der Waals surface area contributed by atoms with E-state index in [-0.39, 0.29) is 0 Å². The Morgan fingerprint density at radius 3 is 3.19 bits per heavy atom. The monoisotopic (exact) mass is 250 g/mol. The van der Waals surface area contributed by atoms with Crippen molar-refractivity contribution < 1.29 is 0 Å². The first-order valence-corrected chi connectivity index (χ1v) is 6.54. The van der Waals surface area contributed by atoms with Crippen LogP contribution in [-0.2, 0) is 0 Å². The minimum absolute atomic E-state index is 0.480. The molecule has 2 heterocycles. The molecule has 1 aliphatic heterocycles. The molecule has 2 nitrogen and oxygen atoms in total. The fraction of sp³-hybridized carbons (Fsp3) is 0.250. The van der Waals surface area contributed by atoms with Crippen LogP contribution in [0.2, 0.25) is 5.02 Å². The second-order valence-corrected chi connectivity index (χ2v) is 5.50. The molecule has 1 aliphatic rings. The molecule has 0 N–H and O–H groups in total. The predicted octanol–water partition coefficient (Wildman–Crippen LogP) is 4.08. The van der Waals surface area contributed by atoms with E-state index in [1.54, 1.807) is 0 Å². The first-order chi connectivity index (χ1) is 7.79. The Bertz CT molecular complexity index is 536. The summed E-state index contributed by atoms with van der Waals surface area (Å²) in [6, 6.07) is 6.02. The van der Waals surface area contributed by atoms with Crippen LogP contribution in [0.3, 0.4) is 0 Å². The summed E-state index contributed by atoms with van der Waals surface area (Å²) in [5.74, 6) is 0. The van der Waals surface area contributed by atoms with Gasteiger partial charge in [0.15, 0.2) is 0 Å². The molecule has 0 aliphatic carbocycles. The highest BCUT2D eigenvalue weighted by atomic mass is 35.5. The Labute approximate surface area is 104 Å². The summed E-state index contributed by atoms with van der Waals surface area (Å²) in [6.45, 7) is 2.20. The Balaban J connectivity index is 2.21. The van der Waals surface area contributed by atoms with Gasteiger partial charge in [-0.05, 0) is 24.6 Å². The molecule has 0 radical (unpaired) electrons. The van der Waals surface area contributed by atoms with Crippen molar-refractivity contribution in [3.63, 3.8) is 0 Å². The second kappa shape index (κ2) is 3.82. The summed E-state index contributed by atoms with van der Waals surface area (Å²) in [5, 5.41) is 1.28. The van der Waals surface area contributed by atoms with E-state index >= 15 is 0 Å². The molecule has 0 saturated carbocycles. The van der Waals surface area contributed by atoms with Crippen LogP contribution in [0, 0.1) is 0 Å². The molecule has 0 spiro atoms. The summed E-state index contributed by atoms with van der Waals surface area (Å²) >= 11 is 7.90. The van der Waals surface area contributed by atoms with E-state index in [1.165, 1.54) is 16.3 Å². The van der Waals surface area contributed by atoms with Gasteiger partial charge in [0.05, 0.1) is 23.0 Å². The number of hydrogen-bond donors (Lipinski definition) is 0. The van der Waals surface area contributed by atoms with Gasteiger partial charge in [-0.1, -0.05) is 18.5 Å². The highest BCUT2D eigenvalue weighted by Gasteiger charge is 2.24. The van der Waals surface area contributed by atoms with Gasteiger partial charge in [-0.15, -0.1) is 11.8 Å². The summed E-state index contributed by atoms with van der Waals surface area (Å²) in [6.07, 6.45) is 4.94. The van der Waals surface area contributed by atoms with Crippen molar-refractivity contribution in [3.05, 3.63) is 41.4 Å². The molecule has 0 amide bonds. The minimum atomic E-state index is 0.480. The van der Waals surface area contributed by atoms with Gasteiger partial charge in [-0.25, -0.2) is 4.98 Å². The zero-order valence-electron chi connectivity index (χ0n) is 8.85. The lowest BCUT2D eigenvalue weighted by Gasteiger charge is -2.25. The Morgan fingerprint density at radius 2 is 2.38 bits per heavy atom. The molecule has 1 unspecified atom stereocenters. The topological polar surface area (TPSA) is 17.8 Å². The van der Waals surface area contributed by atoms with Crippen LogP contribution in [0.1, 0.15) is 24.3 Å². The molecular weight excluding hydrogens is 240 g/mol. The molecule has 4 heteroatoms. The fourth-order valence-corrected chi connectivity index (χ4v) is 3.52. The van der Waals surface area contributed by atoms with Gasteiger partial charge in [-0.3, -0.25) is 0 Å². The van der Waals surface area contributed by atoms with Crippen LogP contribution >= 0.6 is 23.4 Å². The third kappa shape index (κ3) is 1.46. The molecule has 1 atom stereocenters. The van der Waals surface area contributed by atoms with Crippen molar-refractivity contribution >= 4 is 23.4 Å². The first kappa shape index (κ1) is 10.2. The van der Waals surface area contributed by atoms with Gasteiger partial charge in [0.2, 0.25) is 0 Å². The van der Waals surface area contributed by atoms with Crippen molar-refractivity contribution in [1.82, 2.24) is 9.55 Å². The lowest BCUT2D eigenvalue weighted by atomic mass is 10.2. The summed E-state index contributed by atoms with van der Waals surface area (Å²) in [4.78, 5) is 5.48. The number of halogens is 1. The average Bonchev–Trinajstić information content (AvgIpc) is 2.76. The lowest BCUT2D eigenvalue weighted by molar-refractivity contribution is 0.800. The van der Waals surface area contributed by atoms with E-state index in [4.69, 9.17) is 11.6 Å². The van der Waals surface area contributed by atoms with Crippen molar-refractivity contribution in [2.75, 3.05) is 0 Å². The average molecular weight is 251 g/mol. The number of aromatic nitrogens is 2.